The standard InChI is InChI=1S/C8H13NO3S2/c10-3-5-4-14-8(9-5)7(12)6(11)1-2-13/h4,6-7,10-13H,1-3H2. The first-order valence-corrected chi connectivity index (χ1v) is 5.72. The Morgan fingerprint density at radius 3 is 2.71 bits per heavy atom. The van der Waals surface area contributed by atoms with E-state index in [0.29, 0.717) is 22.9 Å². The molecule has 0 fully saturated rings. The Bertz CT molecular complexity index is 279. The van der Waals surface area contributed by atoms with Crippen LogP contribution in [-0.4, -0.2) is 32.2 Å². The fourth-order valence-electron chi connectivity index (χ4n) is 0.986. The molecule has 1 rings (SSSR count). The van der Waals surface area contributed by atoms with Crippen LogP contribution >= 0.6 is 24.0 Å². The third kappa shape index (κ3) is 2.93. The van der Waals surface area contributed by atoms with Gasteiger partial charge in [-0.2, -0.15) is 12.6 Å². The first-order chi connectivity index (χ1) is 6.69. The maximum Gasteiger partial charge on any atom is 0.131 e. The second kappa shape index (κ2) is 5.67. The number of hydrogen-bond donors (Lipinski definition) is 4. The number of aliphatic hydroxyl groups is 3. The van der Waals surface area contributed by atoms with Crippen molar-refractivity contribution >= 4 is 24.0 Å². The second-order valence-electron chi connectivity index (χ2n) is 2.86. The van der Waals surface area contributed by atoms with Gasteiger partial charge in [-0.15, -0.1) is 11.3 Å². The van der Waals surface area contributed by atoms with Gasteiger partial charge in [-0.1, -0.05) is 0 Å². The molecule has 0 aliphatic rings. The van der Waals surface area contributed by atoms with E-state index in [1.165, 1.54) is 11.3 Å². The molecule has 0 amide bonds. The Morgan fingerprint density at radius 1 is 1.50 bits per heavy atom. The number of nitrogens with zero attached hydrogens (tertiary/aromatic N) is 1. The summed E-state index contributed by atoms with van der Waals surface area (Å²) < 4.78 is 0. The molecule has 14 heavy (non-hydrogen) atoms. The van der Waals surface area contributed by atoms with Crippen molar-refractivity contribution in [2.24, 2.45) is 0 Å². The molecule has 6 heteroatoms. The van der Waals surface area contributed by atoms with E-state index in [2.05, 4.69) is 17.6 Å². The number of aliphatic hydroxyl groups excluding tert-OH is 3. The molecule has 2 atom stereocenters. The molecule has 1 aromatic rings. The van der Waals surface area contributed by atoms with Crippen LogP contribution in [0.2, 0.25) is 0 Å². The van der Waals surface area contributed by atoms with E-state index in [4.69, 9.17) is 5.11 Å². The van der Waals surface area contributed by atoms with Crippen molar-refractivity contribution < 1.29 is 15.3 Å². The van der Waals surface area contributed by atoms with E-state index in [0.717, 1.165) is 0 Å². The first-order valence-electron chi connectivity index (χ1n) is 4.21. The summed E-state index contributed by atoms with van der Waals surface area (Å²) in [5.74, 6) is 0.510. The summed E-state index contributed by atoms with van der Waals surface area (Å²) in [4.78, 5) is 3.97. The predicted octanol–water partition coefficient (Wildman–Crippen LogP) is 0.350. The van der Waals surface area contributed by atoms with Crippen molar-refractivity contribution in [1.29, 1.82) is 0 Å². The van der Waals surface area contributed by atoms with Crippen molar-refractivity contribution in [1.82, 2.24) is 4.98 Å². The van der Waals surface area contributed by atoms with Crippen LogP contribution in [-0.2, 0) is 6.61 Å². The molecule has 4 nitrogen and oxygen atoms in total. The molecule has 3 N–H and O–H groups in total. The number of rotatable bonds is 5. The lowest BCUT2D eigenvalue weighted by Gasteiger charge is -2.13. The van der Waals surface area contributed by atoms with Gasteiger partial charge >= 0.3 is 0 Å². The van der Waals surface area contributed by atoms with Crippen LogP contribution < -0.4 is 0 Å². The summed E-state index contributed by atoms with van der Waals surface area (Å²) in [5, 5.41) is 29.9. The predicted molar refractivity (Wildman–Crippen MR) is 57.5 cm³/mol. The lowest BCUT2D eigenvalue weighted by Crippen LogP contribution is -2.18. The van der Waals surface area contributed by atoms with Crippen molar-refractivity contribution in [3.8, 4) is 0 Å². The number of hydrogen-bond acceptors (Lipinski definition) is 6. The van der Waals surface area contributed by atoms with Gasteiger partial charge in [0.15, 0.2) is 0 Å². The lowest BCUT2D eigenvalue weighted by molar-refractivity contribution is 0.0169. The van der Waals surface area contributed by atoms with Crippen LogP contribution in [0.15, 0.2) is 5.38 Å². The van der Waals surface area contributed by atoms with E-state index in [-0.39, 0.29) is 6.61 Å². The highest BCUT2D eigenvalue weighted by molar-refractivity contribution is 7.80. The Kier molecular flexibility index (Phi) is 4.83. The van der Waals surface area contributed by atoms with Crippen LogP contribution in [0.25, 0.3) is 0 Å². The lowest BCUT2D eigenvalue weighted by atomic mass is 10.1. The molecule has 0 spiro atoms. The largest absolute Gasteiger partial charge is 0.390 e. The summed E-state index contributed by atoms with van der Waals surface area (Å²) in [5.41, 5.74) is 0.516. The van der Waals surface area contributed by atoms with Crippen LogP contribution in [0.5, 0.6) is 0 Å². The molecular formula is C8H13NO3S2. The maximum absolute atomic E-state index is 9.61. The zero-order valence-corrected chi connectivity index (χ0v) is 9.21. The minimum Gasteiger partial charge on any atom is -0.390 e. The molecule has 1 aromatic heterocycles. The van der Waals surface area contributed by atoms with E-state index in [1.807, 2.05) is 0 Å². The highest BCUT2D eigenvalue weighted by atomic mass is 32.1. The molecule has 0 aromatic carbocycles. The van der Waals surface area contributed by atoms with E-state index in [9.17, 15) is 10.2 Å². The van der Waals surface area contributed by atoms with Crippen LogP contribution in [0.4, 0.5) is 0 Å². The van der Waals surface area contributed by atoms with Gasteiger partial charge in [-0.25, -0.2) is 4.98 Å². The SMILES string of the molecule is OCc1csc(C(O)C(O)CCS)n1. The average Bonchev–Trinajstić information content (AvgIpc) is 2.65. The van der Waals surface area contributed by atoms with Gasteiger partial charge in [0.2, 0.25) is 0 Å². The van der Waals surface area contributed by atoms with Gasteiger partial charge < -0.3 is 15.3 Å². The fraction of sp³-hybridized carbons (Fsp3) is 0.625. The molecular weight excluding hydrogens is 222 g/mol. The Balaban J connectivity index is 2.63. The monoisotopic (exact) mass is 235 g/mol. The number of aromatic nitrogens is 1. The Hall–Kier alpha value is -0.140. The third-order valence-corrected chi connectivity index (χ3v) is 3.00. The smallest absolute Gasteiger partial charge is 0.131 e. The summed E-state index contributed by atoms with van der Waals surface area (Å²) in [6.45, 7) is -0.147. The quantitative estimate of drug-likeness (QED) is 0.556. The van der Waals surface area contributed by atoms with Gasteiger partial charge in [0.25, 0.3) is 0 Å². The normalized spacial score (nSPS) is 15.4. The molecule has 0 aliphatic heterocycles. The highest BCUT2D eigenvalue weighted by Gasteiger charge is 2.20. The van der Waals surface area contributed by atoms with Crippen molar-refractivity contribution in [2.75, 3.05) is 5.75 Å². The topological polar surface area (TPSA) is 73.6 Å². The van der Waals surface area contributed by atoms with Crippen LogP contribution in [0, 0.1) is 0 Å². The minimum absolute atomic E-state index is 0.147. The maximum atomic E-state index is 9.61. The summed E-state index contributed by atoms with van der Waals surface area (Å²) in [7, 11) is 0. The number of thiol groups is 1. The van der Waals surface area contributed by atoms with Crippen LogP contribution in [0.1, 0.15) is 23.2 Å². The summed E-state index contributed by atoms with van der Waals surface area (Å²) in [6.07, 6.45) is -1.41. The zero-order valence-electron chi connectivity index (χ0n) is 7.50. The molecule has 0 bridgehead atoms. The summed E-state index contributed by atoms with van der Waals surface area (Å²) >= 11 is 5.19. The van der Waals surface area contributed by atoms with Gasteiger partial charge in [-0.3, -0.25) is 0 Å². The number of thiazole rings is 1. The first kappa shape index (κ1) is 11.9. The molecule has 2 unspecified atom stereocenters. The average molecular weight is 235 g/mol. The fourth-order valence-corrected chi connectivity index (χ4v) is 2.10. The van der Waals surface area contributed by atoms with Crippen molar-refractivity contribution in [3.05, 3.63) is 16.1 Å². The molecule has 0 saturated carbocycles. The third-order valence-electron chi connectivity index (χ3n) is 1.77. The van der Waals surface area contributed by atoms with Crippen LogP contribution in [0.3, 0.4) is 0 Å². The van der Waals surface area contributed by atoms with E-state index in [1.54, 1.807) is 5.38 Å². The molecule has 0 radical (unpaired) electrons. The Morgan fingerprint density at radius 2 is 2.21 bits per heavy atom. The minimum atomic E-state index is -0.979. The Labute approximate surface area is 91.7 Å². The molecule has 1 heterocycles. The second-order valence-corrected chi connectivity index (χ2v) is 4.20. The van der Waals surface area contributed by atoms with Gasteiger partial charge in [0.05, 0.1) is 18.4 Å². The van der Waals surface area contributed by atoms with Crippen molar-refractivity contribution in [3.63, 3.8) is 0 Å². The van der Waals surface area contributed by atoms with Gasteiger partial charge in [0, 0.05) is 5.38 Å². The van der Waals surface area contributed by atoms with Gasteiger partial charge in [-0.05, 0) is 12.2 Å². The summed E-state index contributed by atoms with van der Waals surface area (Å²) in [6, 6.07) is 0. The zero-order chi connectivity index (χ0) is 10.6. The molecule has 0 aliphatic carbocycles. The van der Waals surface area contributed by atoms with Crippen molar-refractivity contribution in [2.45, 2.75) is 25.2 Å². The molecule has 0 saturated heterocycles. The van der Waals surface area contributed by atoms with E-state index < -0.39 is 12.2 Å². The van der Waals surface area contributed by atoms with E-state index >= 15 is 0 Å². The molecule has 80 valence electrons. The van der Waals surface area contributed by atoms with Gasteiger partial charge in [0.1, 0.15) is 11.1 Å². The highest BCUT2D eigenvalue weighted by Crippen LogP contribution is 2.22.